The lowest BCUT2D eigenvalue weighted by atomic mass is 10.1. The summed E-state index contributed by atoms with van der Waals surface area (Å²) >= 11 is 0. The summed E-state index contributed by atoms with van der Waals surface area (Å²) in [4.78, 5) is 14.1. The maximum absolute atomic E-state index is 12.9. The molecule has 1 aliphatic heterocycles. The second-order valence-corrected chi connectivity index (χ2v) is 8.09. The van der Waals surface area contributed by atoms with Crippen LogP contribution in [0.25, 0.3) is 10.8 Å². The van der Waals surface area contributed by atoms with Crippen LogP contribution in [-0.4, -0.2) is 63.3 Å². The fourth-order valence-corrected chi connectivity index (χ4v) is 4.50. The molecule has 1 heterocycles. The molecule has 0 aliphatic carbocycles. The third-order valence-corrected chi connectivity index (χ3v) is 6.43. The molecule has 6 nitrogen and oxygen atoms in total. The topological polar surface area (TPSA) is 69.7 Å². The van der Waals surface area contributed by atoms with Crippen molar-refractivity contribution in [2.24, 2.45) is 0 Å². The summed E-state index contributed by atoms with van der Waals surface area (Å²) in [6.07, 6.45) is 0.438. The van der Waals surface area contributed by atoms with Crippen molar-refractivity contribution in [1.29, 1.82) is 0 Å². The van der Waals surface area contributed by atoms with Gasteiger partial charge in [-0.1, -0.05) is 30.3 Å². The van der Waals surface area contributed by atoms with Crippen LogP contribution in [0.4, 0.5) is 0 Å². The van der Waals surface area contributed by atoms with Gasteiger partial charge in [0.1, 0.15) is 0 Å². The minimum Gasteiger partial charge on any atom is -0.340 e. The minimum atomic E-state index is -3.54. The molecule has 1 fully saturated rings. The molecular formula is C18H24ClN3O3S. The number of hydrogen-bond acceptors (Lipinski definition) is 4. The lowest BCUT2D eigenvalue weighted by molar-refractivity contribution is -0.132. The van der Waals surface area contributed by atoms with E-state index in [1.807, 2.05) is 30.3 Å². The predicted molar refractivity (Wildman–Crippen MR) is 105 cm³/mol. The Morgan fingerprint density at radius 2 is 1.69 bits per heavy atom. The summed E-state index contributed by atoms with van der Waals surface area (Å²) in [6, 6.07) is 12.9. The Morgan fingerprint density at radius 3 is 2.35 bits per heavy atom. The second kappa shape index (κ2) is 8.81. The number of fused-ring (bicyclic) bond motifs is 1. The van der Waals surface area contributed by atoms with Crippen LogP contribution < -0.4 is 5.32 Å². The van der Waals surface area contributed by atoms with Crippen molar-refractivity contribution in [2.45, 2.75) is 11.3 Å². The Labute approximate surface area is 160 Å². The molecule has 142 valence electrons. The molecule has 1 saturated heterocycles. The summed E-state index contributed by atoms with van der Waals surface area (Å²) in [5.74, 6) is 0.0668. The molecule has 26 heavy (non-hydrogen) atoms. The van der Waals surface area contributed by atoms with Crippen molar-refractivity contribution >= 4 is 39.1 Å². The fourth-order valence-electron chi connectivity index (χ4n) is 3.04. The first kappa shape index (κ1) is 20.6. The van der Waals surface area contributed by atoms with Crippen LogP contribution in [0.1, 0.15) is 6.42 Å². The quantitative estimate of drug-likeness (QED) is 0.833. The van der Waals surface area contributed by atoms with Crippen molar-refractivity contribution in [3.8, 4) is 0 Å². The Kier molecular flexibility index (Phi) is 7.00. The molecule has 1 amide bonds. The van der Waals surface area contributed by atoms with E-state index in [2.05, 4.69) is 5.32 Å². The molecule has 1 N–H and O–H groups in total. The molecule has 0 radical (unpaired) electrons. The van der Waals surface area contributed by atoms with E-state index in [4.69, 9.17) is 0 Å². The fraction of sp³-hybridized carbons (Fsp3) is 0.389. The zero-order valence-electron chi connectivity index (χ0n) is 14.7. The smallest absolute Gasteiger partial charge is 0.243 e. The van der Waals surface area contributed by atoms with Crippen molar-refractivity contribution in [3.63, 3.8) is 0 Å². The standard InChI is InChI=1S/C18H23N3O3S.ClH/c1-19-9-8-18(22)20-10-12-21(13-11-20)25(23,24)17-7-6-15-4-2-3-5-16(15)14-17;/h2-7,14,19H,8-13H2,1H3;1H. The number of carbonyl (C=O) groups is 1. The number of carbonyl (C=O) groups excluding carboxylic acids is 1. The molecule has 0 saturated carbocycles. The van der Waals surface area contributed by atoms with E-state index in [-0.39, 0.29) is 18.3 Å². The second-order valence-electron chi connectivity index (χ2n) is 6.15. The van der Waals surface area contributed by atoms with Crippen molar-refractivity contribution in [1.82, 2.24) is 14.5 Å². The largest absolute Gasteiger partial charge is 0.340 e. The highest BCUT2D eigenvalue weighted by Crippen LogP contribution is 2.22. The predicted octanol–water partition coefficient (Wildman–Crippen LogP) is 1.70. The number of nitrogens with one attached hydrogen (secondary N) is 1. The molecule has 3 rings (SSSR count). The SMILES string of the molecule is CNCCC(=O)N1CCN(S(=O)(=O)c2ccc3ccccc3c2)CC1.Cl. The molecule has 2 aromatic rings. The lowest BCUT2D eigenvalue weighted by Gasteiger charge is -2.34. The van der Waals surface area contributed by atoms with Gasteiger partial charge >= 0.3 is 0 Å². The molecular weight excluding hydrogens is 374 g/mol. The molecule has 2 aromatic carbocycles. The summed E-state index contributed by atoms with van der Waals surface area (Å²) < 4.78 is 27.3. The maximum atomic E-state index is 12.9. The van der Waals surface area contributed by atoms with Crippen LogP contribution >= 0.6 is 12.4 Å². The highest BCUT2D eigenvalue weighted by molar-refractivity contribution is 7.89. The highest BCUT2D eigenvalue weighted by Gasteiger charge is 2.29. The number of rotatable bonds is 5. The molecule has 0 bridgehead atoms. The van der Waals surface area contributed by atoms with Crippen LogP contribution in [0.15, 0.2) is 47.4 Å². The maximum Gasteiger partial charge on any atom is 0.243 e. The number of benzene rings is 2. The van der Waals surface area contributed by atoms with Gasteiger partial charge in [-0.15, -0.1) is 12.4 Å². The van der Waals surface area contributed by atoms with Gasteiger partial charge in [0, 0.05) is 39.1 Å². The molecule has 8 heteroatoms. The van der Waals surface area contributed by atoms with E-state index >= 15 is 0 Å². The van der Waals surface area contributed by atoms with Gasteiger partial charge < -0.3 is 10.2 Å². The molecule has 0 spiro atoms. The average Bonchev–Trinajstić information content (AvgIpc) is 2.65. The zero-order valence-corrected chi connectivity index (χ0v) is 16.4. The molecule has 0 aromatic heterocycles. The third kappa shape index (κ3) is 4.35. The number of nitrogens with zero attached hydrogens (tertiary/aromatic N) is 2. The highest BCUT2D eigenvalue weighted by atomic mass is 35.5. The Balaban J connectivity index is 0.00000243. The number of amides is 1. The van der Waals surface area contributed by atoms with Gasteiger partial charge in [0.15, 0.2) is 0 Å². The summed E-state index contributed by atoms with van der Waals surface area (Å²) in [7, 11) is -1.73. The molecule has 1 aliphatic rings. The Morgan fingerprint density at radius 1 is 1.04 bits per heavy atom. The minimum absolute atomic E-state index is 0. The molecule has 0 atom stereocenters. The summed E-state index contributed by atoms with van der Waals surface area (Å²) in [5, 5.41) is 4.88. The van der Waals surface area contributed by atoms with E-state index < -0.39 is 10.0 Å². The normalized spacial score (nSPS) is 15.7. The average molecular weight is 398 g/mol. The summed E-state index contributed by atoms with van der Waals surface area (Å²) in [5.41, 5.74) is 0. The van der Waals surface area contributed by atoms with E-state index in [0.717, 1.165) is 10.8 Å². The van der Waals surface area contributed by atoms with Crippen LogP contribution in [0, 0.1) is 0 Å². The van der Waals surface area contributed by atoms with Gasteiger partial charge in [-0.2, -0.15) is 4.31 Å². The van der Waals surface area contributed by atoms with Gasteiger partial charge in [-0.25, -0.2) is 8.42 Å². The van der Waals surface area contributed by atoms with Crippen molar-refractivity contribution in [2.75, 3.05) is 39.8 Å². The number of halogens is 1. The first-order chi connectivity index (χ1) is 12.0. The van der Waals surface area contributed by atoms with Crippen molar-refractivity contribution < 1.29 is 13.2 Å². The van der Waals surface area contributed by atoms with E-state index in [1.165, 1.54) is 4.31 Å². The van der Waals surface area contributed by atoms with Crippen LogP contribution in [0.3, 0.4) is 0 Å². The van der Waals surface area contributed by atoms with Gasteiger partial charge in [-0.05, 0) is 30.0 Å². The first-order valence-corrected chi connectivity index (χ1v) is 9.88. The van der Waals surface area contributed by atoms with Crippen LogP contribution in [0.2, 0.25) is 0 Å². The van der Waals surface area contributed by atoms with Gasteiger partial charge in [0.25, 0.3) is 0 Å². The third-order valence-electron chi connectivity index (χ3n) is 4.54. The van der Waals surface area contributed by atoms with Gasteiger partial charge in [0.05, 0.1) is 4.90 Å². The number of hydrogen-bond donors (Lipinski definition) is 1. The number of sulfonamides is 1. The first-order valence-electron chi connectivity index (χ1n) is 8.44. The number of piperazine rings is 1. The van der Waals surface area contributed by atoms with Crippen molar-refractivity contribution in [3.05, 3.63) is 42.5 Å². The lowest BCUT2D eigenvalue weighted by Crippen LogP contribution is -2.50. The van der Waals surface area contributed by atoms with Gasteiger partial charge in [0.2, 0.25) is 15.9 Å². The zero-order chi connectivity index (χ0) is 17.9. The monoisotopic (exact) mass is 397 g/mol. The Hall–Kier alpha value is -1.67. The van der Waals surface area contributed by atoms with Crippen LogP contribution in [0.5, 0.6) is 0 Å². The van der Waals surface area contributed by atoms with E-state index in [9.17, 15) is 13.2 Å². The van der Waals surface area contributed by atoms with Crippen LogP contribution in [-0.2, 0) is 14.8 Å². The van der Waals surface area contributed by atoms with E-state index in [1.54, 1.807) is 24.1 Å². The summed E-state index contributed by atoms with van der Waals surface area (Å²) in [6.45, 7) is 2.18. The van der Waals surface area contributed by atoms with Gasteiger partial charge in [-0.3, -0.25) is 4.79 Å². The molecule has 0 unspecified atom stereocenters. The Bertz CT molecular complexity index is 865. The van der Waals surface area contributed by atoms with E-state index in [0.29, 0.717) is 44.0 Å².